The first-order valence-corrected chi connectivity index (χ1v) is 5.69. The van der Waals surface area contributed by atoms with Crippen LogP contribution in [0.15, 0.2) is 36.7 Å². The molecular formula is C14H12N2O3. The first-order valence-electron chi connectivity index (χ1n) is 5.69. The molecule has 0 radical (unpaired) electrons. The highest BCUT2D eigenvalue weighted by Crippen LogP contribution is 2.13. The molecule has 1 heterocycles. The monoisotopic (exact) mass is 256 g/mol. The molecule has 2 aromatic rings. The second kappa shape index (κ2) is 5.86. The van der Waals surface area contributed by atoms with Gasteiger partial charge in [-0.1, -0.05) is 0 Å². The smallest absolute Gasteiger partial charge is 0.166 e. The summed E-state index contributed by atoms with van der Waals surface area (Å²) in [5.41, 5.74) is 1.06. The highest BCUT2D eigenvalue weighted by Gasteiger charge is 2.01. The largest absolute Gasteiger partial charge is 0.486 e. The van der Waals surface area contributed by atoms with Crippen LogP contribution in [0.25, 0.3) is 0 Å². The van der Waals surface area contributed by atoms with Gasteiger partial charge in [0.25, 0.3) is 0 Å². The highest BCUT2D eigenvalue weighted by molar-refractivity contribution is 5.94. The van der Waals surface area contributed by atoms with E-state index in [0.29, 0.717) is 29.0 Å². The minimum Gasteiger partial charge on any atom is -0.486 e. The predicted octanol–water partition coefficient (Wildman–Crippen LogP) is 2.07. The molecule has 0 atom stereocenters. The molecule has 0 N–H and O–H groups in total. The molecule has 0 aliphatic carbocycles. The Kier molecular flexibility index (Phi) is 3.97. The SMILES string of the molecule is CC(=O)c1ccc(OCc2ncc(C=O)cn2)cc1. The van der Waals surface area contributed by atoms with E-state index in [1.807, 2.05) is 0 Å². The van der Waals surface area contributed by atoms with E-state index in [4.69, 9.17) is 4.74 Å². The number of Topliss-reactive ketones (excluding diaryl/α,β-unsaturated/α-hetero) is 1. The second-order valence-electron chi connectivity index (χ2n) is 3.92. The van der Waals surface area contributed by atoms with Crippen molar-refractivity contribution >= 4 is 12.1 Å². The summed E-state index contributed by atoms with van der Waals surface area (Å²) in [7, 11) is 0. The van der Waals surface area contributed by atoms with Crippen molar-refractivity contribution in [3.8, 4) is 5.75 Å². The zero-order valence-electron chi connectivity index (χ0n) is 10.4. The molecule has 0 spiro atoms. The van der Waals surface area contributed by atoms with Crippen LogP contribution in [0.3, 0.4) is 0 Å². The Hall–Kier alpha value is -2.56. The fourth-order valence-electron chi connectivity index (χ4n) is 1.43. The van der Waals surface area contributed by atoms with E-state index in [9.17, 15) is 9.59 Å². The van der Waals surface area contributed by atoms with Crippen molar-refractivity contribution < 1.29 is 14.3 Å². The van der Waals surface area contributed by atoms with Crippen molar-refractivity contribution in [3.63, 3.8) is 0 Å². The number of hydrogen-bond donors (Lipinski definition) is 0. The van der Waals surface area contributed by atoms with Gasteiger partial charge in [0.2, 0.25) is 0 Å². The van der Waals surface area contributed by atoms with Crippen LogP contribution in [0.1, 0.15) is 33.5 Å². The molecule has 2 rings (SSSR count). The summed E-state index contributed by atoms with van der Waals surface area (Å²) >= 11 is 0. The maximum absolute atomic E-state index is 11.1. The minimum absolute atomic E-state index is 0.0133. The van der Waals surface area contributed by atoms with Gasteiger partial charge < -0.3 is 4.74 Å². The molecule has 96 valence electrons. The quantitative estimate of drug-likeness (QED) is 0.605. The van der Waals surface area contributed by atoms with Crippen molar-refractivity contribution in [2.45, 2.75) is 13.5 Å². The fourth-order valence-corrected chi connectivity index (χ4v) is 1.43. The Bertz CT molecular complexity index is 577. The molecule has 0 unspecified atom stereocenters. The second-order valence-corrected chi connectivity index (χ2v) is 3.92. The molecule has 0 amide bonds. The van der Waals surface area contributed by atoms with Crippen LogP contribution in [-0.2, 0) is 6.61 Å². The number of rotatable bonds is 5. The van der Waals surface area contributed by atoms with Crippen molar-refractivity contribution in [1.29, 1.82) is 0 Å². The lowest BCUT2D eigenvalue weighted by Crippen LogP contribution is -2.02. The van der Waals surface area contributed by atoms with Gasteiger partial charge in [-0.3, -0.25) is 9.59 Å². The molecule has 1 aromatic heterocycles. The lowest BCUT2D eigenvalue weighted by molar-refractivity contribution is 0.101. The number of ketones is 1. The van der Waals surface area contributed by atoms with Crippen molar-refractivity contribution in [1.82, 2.24) is 9.97 Å². The van der Waals surface area contributed by atoms with Gasteiger partial charge >= 0.3 is 0 Å². The fraction of sp³-hybridized carbons (Fsp3) is 0.143. The number of carbonyl (C=O) groups excluding carboxylic acids is 2. The molecule has 0 fully saturated rings. The van der Waals surface area contributed by atoms with Gasteiger partial charge in [-0.05, 0) is 31.2 Å². The molecule has 5 heteroatoms. The predicted molar refractivity (Wildman–Crippen MR) is 68.2 cm³/mol. The van der Waals surface area contributed by atoms with Gasteiger partial charge in [0.05, 0.1) is 5.56 Å². The van der Waals surface area contributed by atoms with E-state index in [2.05, 4.69) is 9.97 Å². The topological polar surface area (TPSA) is 69.2 Å². The number of nitrogens with zero attached hydrogens (tertiary/aromatic N) is 2. The van der Waals surface area contributed by atoms with Gasteiger partial charge in [-0.2, -0.15) is 0 Å². The molecule has 0 aliphatic heterocycles. The summed E-state index contributed by atoms with van der Waals surface area (Å²) < 4.78 is 5.48. The highest BCUT2D eigenvalue weighted by atomic mass is 16.5. The Balaban J connectivity index is 1.97. The number of aldehydes is 1. The van der Waals surface area contributed by atoms with Crippen LogP contribution in [0.2, 0.25) is 0 Å². The normalized spacial score (nSPS) is 9.95. The van der Waals surface area contributed by atoms with Crippen LogP contribution < -0.4 is 4.74 Å². The van der Waals surface area contributed by atoms with Gasteiger partial charge in [0.1, 0.15) is 12.4 Å². The van der Waals surface area contributed by atoms with Crippen LogP contribution in [-0.4, -0.2) is 22.0 Å². The Morgan fingerprint density at radius 2 is 1.84 bits per heavy atom. The van der Waals surface area contributed by atoms with Crippen LogP contribution >= 0.6 is 0 Å². The summed E-state index contributed by atoms with van der Waals surface area (Å²) in [6.07, 6.45) is 3.57. The zero-order chi connectivity index (χ0) is 13.7. The standard InChI is InChI=1S/C14H12N2O3/c1-10(18)12-2-4-13(5-3-12)19-9-14-15-6-11(8-17)7-16-14/h2-8H,9H2,1H3. The summed E-state index contributed by atoms with van der Waals surface area (Å²) in [5, 5.41) is 0. The van der Waals surface area contributed by atoms with Crippen LogP contribution in [0, 0.1) is 0 Å². The molecule has 19 heavy (non-hydrogen) atoms. The third-order valence-electron chi connectivity index (χ3n) is 2.49. The lowest BCUT2D eigenvalue weighted by atomic mass is 10.1. The molecule has 0 bridgehead atoms. The lowest BCUT2D eigenvalue weighted by Gasteiger charge is -2.05. The van der Waals surface area contributed by atoms with Crippen molar-refractivity contribution in [2.75, 3.05) is 0 Å². The van der Waals surface area contributed by atoms with E-state index in [0.717, 1.165) is 0 Å². The van der Waals surface area contributed by atoms with E-state index < -0.39 is 0 Å². The molecule has 0 aliphatic rings. The average Bonchev–Trinajstić information content (AvgIpc) is 2.46. The van der Waals surface area contributed by atoms with Crippen LogP contribution in [0.5, 0.6) is 5.75 Å². The number of carbonyl (C=O) groups is 2. The van der Waals surface area contributed by atoms with Crippen molar-refractivity contribution in [2.24, 2.45) is 0 Å². The van der Waals surface area contributed by atoms with E-state index in [1.165, 1.54) is 19.3 Å². The molecule has 1 aromatic carbocycles. The Labute approximate surface area is 110 Å². The molecule has 5 nitrogen and oxygen atoms in total. The average molecular weight is 256 g/mol. The van der Waals surface area contributed by atoms with Gasteiger partial charge in [0, 0.05) is 18.0 Å². The number of hydrogen-bond acceptors (Lipinski definition) is 5. The molecule has 0 saturated heterocycles. The summed E-state index contributed by atoms with van der Waals surface area (Å²) in [6, 6.07) is 6.84. The van der Waals surface area contributed by atoms with Crippen molar-refractivity contribution in [3.05, 3.63) is 53.6 Å². The van der Waals surface area contributed by atoms with E-state index in [1.54, 1.807) is 24.3 Å². The summed E-state index contributed by atoms with van der Waals surface area (Å²) in [6.45, 7) is 1.72. The maximum Gasteiger partial charge on any atom is 0.166 e. The first kappa shape index (κ1) is 12.9. The first-order chi connectivity index (χ1) is 9.19. The summed E-state index contributed by atoms with van der Waals surface area (Å²) in [4.78, 5) is 29.5. The Morgan fingerprint density at radius 1 is 1.21 bits per heavy atom. The molecule has 0 saturated carbocycles. The summed E-state index contributed by atoms with van der Waals surface area (Å²) in [5.74, 6) is 1.13. The van der Waals surface area contributed by atoms with Crippen LogP contribution in [0.4, 0.5) is 0 Å². The third-order valence-corrected chi connectivity index (χ3v) is 2.49. The molecular weight excluding hydrogens is 244 g/mol. The van der Waals surface area contributed by atoms with E-state index in [-0.39, 0.29) is 12.4 Å². The Morgan fingerprint density at radius 3 is 2.37 bits per heavy atom. The van der Waals surface area contributed by atoms with Gasteiger partial charge in [-0.25, -0.2) is 9.97 Å². The third kappa shape index (κ3) is 3.45. The van der Waals surface area contributed by atoms with Gasteiger partial charge in [-0.15, -0.1) is 0 Å². The number of benzene rings is 1. The van der Waals surface area contributed by atoms with E-state index >= 15 is 0 Å². The van der Waals surface area contributed by atoms with Gasteiger partial charge in [0.15, 0.2) is 17.9 Å². The number of aromatic nitrogens is 2. The zero-order valence-corrected chi connectivity index (χ0v) is 10.4. The number of ether oxygens (including phenoxy) is 1. The minimum atomic E-state index is 0.0133. The maximum atomic E-state index is 11.1.